The summed E-state index contributed by atoms with van der Waals surface area (Å²) >= 11 is 0. The van der Waals surface area contributed by atoms with Gasteiger partial charge in [-0.2, -0.15) is 0 Å². The monoisotopic (exact) mass is 372 g/mol. The van der Waals surface area contributed by atoms with E-state index in [9.17, 15) is 4.79 Å². The molecule has 0 aliphatic rings. The number of amides is 1. The molecule has 0 aliphatic carbocycles. The highest BCUT2D eigenvalue weighted by atomic mass is 16.2. The van der Waals surface area contributed by atoms with Gasteiger partial charge in [0, 0.05) is 37.8 Å². The highest BCUT2D eigenvalue weighted by Crippen LogP contribution is 2.12. The molecule has 1 heterocycles. The number of nitrogens with zero attached hydrogens (tertiary/aromatic N) is 2. The third-order valence-electron chi connectivity index (χ3n) is 4.91. The van der Waals surface area contributed by atoms with E-state index in [1.165, 1.54) is 11.1 Å². The molecule has 0 aliphatic heterocycles. The largest absolute Gasteiger partial charge is 0.338 e. The molecule has 0 bridgehead atoms. The molecule has 3 aromatic rings. The average molecular weight is 373 g/mol. The van der Waals surface area contributed by atoms with Crippen LogP contribution in [0.5, 0.6) is 0 Å². The normalized spacial score (nSPS) is 10.6. The number of pyridine rings is 1. The summed E-state index contributed by atoms with van der Waals surface area (Å²) in [5.74, 6) is 0.215. The maximum Gasteiger partial charge on any atom is 0.222 e. The van der Waals surface area contributed by atoms with Gasteiger partial charge in [0.05, 0.1) is 0 Å². The lowest BCUT2D eigenvalue weighted by Gasteiger charge is -2.23. The van der Waals surface area contributed by atoms with Gasteiger partial charge in [0.1, 0.15) is 0 Å². The molecule has 3 rings (SSSR count). The second-order valence-electron chi connectivity index (χ2n) is 7.21. The quantitative estimate of drug-likeness (QED) is 0.530. The molecule has 144 valence electrons. The van der Waals surface area contributed by atoms with Gasteiger partial charge >= 0.3 is 0 Å². The Morgan fingerprint density at radius 2 is 1.61 bits per heavy atom. The van der Waals surface area contributed by atoms with Crippen LogP contribution in [-0.4, -0.2) is 22.3 Å². The number of hydrogen-bond acceptors (Lipinski definition) is 2. The summed E-state index contributed by atoms with van der Waals surface area (Å²) in [5.41, 5.74) is 4.74. The predicted octanol–water partition coefficient (Wildman–Crippen LogP) is 4.98. The Bertz CT molecular complexity index is 845. The molecule has 28 heavy (non-hydrogen) atoms. The Kier molecular flexibility index (Phi) is 7.36. The molecular formula is C25H28N2O. The number of benzene rings is 2. The molecule has 0 fully saturated rings. The molecule has 0 N–H and O–H groups in total. The molecule has 3 nitrogen and oxygen atoms in total. The van der Waals surface area contributed by atoms with Gasteiger partial charge in [0.2, 0.25) is 5.91 Å². The Labute approximate surface area is 168 Å². The SMILES string of the molecule is Cc1ccc(CCCC(=O)N(CCc2ccccn2)Cc2ccccc2)cc1. The van der Waals surface area contributed by atoms with Gasteiger partial charge in [-0.3, -0.25) is 9.78 Å². The van der Waals surface area contributed by atoms with Gasteiger partial charge < -0.3 is 4.90 Å². The van der Waals surface area contributed by atoms with E-state index in [4.69, 9.17) is 0 Å². The zero-order valence-electron chi connectivity index (χ0n) is 16.6. The van der Waals surface area contributed by atoms with Crippen LogP contribution in [0.15, 0.2) is 79.0 Å². The fraction of sp³-hybridized carbons (Fsp3) is 0.280. The molecule has 1 aromatic heterocycles. The molecule has 0 unspecified atom stereocenters. The second-order valence-corrected chi connectivity index (χ2v) is 7.21. The van der Waals surface area contributed by atoms with Crippen molar-refractivity contribution in [2.75, 3.05) is 6.54 Å². The maximum absolute atomic E-state index is 12.9. The van der Waals surface area contributed by atoms with Gasteiger partial charge in [-0.15, -0.1) is 0 Å². The zero-order chi connectivity index (χ0) is 19.6. The molecule has 0 atom stereocenters. The smallest absolute Gasteiger partial charge is 0.222 e. The highest BCUT2D eigenvalue weighted by Gasteiger charge is 2.14. The van der Waals surface area contributed by atoms with Crippen LogP contribution >= 0.6 is 0 Å². The van der Waals surface area contributed by atoms with E-state index < -0.39 is 0 Å². The summed E-state index contributed by atoms with van der Waals surface area (Å²) in [4.78, 5) is 19.3. The highest BCUT2D eigenvalue weighted by molar-refractivity contribution is 5.76. The summed E-state index contributed by atoms with van der Waals surface area (Å²) in [6.45, 7) is 3.43. The first-order valence-corrected chi connectivity index (χ1v) is 9.98. The van der Waals surface area contributed by atoms with Crippen LogP contribution in [0.1, 0.15) is 35.2 Å². The number of carbonyl (C=O) groups excluding carboxylic acids is 1. The molecule has 1 amide bonds. The lowest BCUT2D eigenvalue weighted by molar-refractivity contribution is -0.131. The molecule has 0 radical (unpaired) electrons. The Morgan fingerprint density at radius 1 is 0.857 bits per heavy atom. The van der Waals surface area contributed by atoms with E-state index >= 15 is 0 Å². The predicted molar refractivity (Wildman–Crippen MR) is 114 cm³/mol. The van der Waals surface area contributed by atoms with Crippen molar-refractivity contribution < 1.29 is 4.79 Å². The van der Waals surface area contributed by atoms with Crippen molar-refractivity contribution in [3.8, 4) is 0 Å². The van der Waals surface area contributed by atoms with Gasteiger partial charge in [0.25, 0.3) is 0 Å². The Hall–Kier alpha value is -2.94. The summed E-state index contributed by atoms with van der Waals surface area (Å²) in [6.07, 6.45) is 4.96. The van der Waals surface area contributed by atoms with Crippen LogP contribution in [0.2, 0.25) is 0 Å². The van der Waals surface area contributed by atoms with Crippen molar-refractivity contribution in [1.82, 2.24) is 9.88 Å². The number of aromatic nitrogens is 1. The summed E-state index contributed by atoms with van der Waals surface area (Å²) in [6, 6.07) is 24.7. The molecule has 0 spiro atoms. The summed E-state index contributed by atoms with van der Waals surface area (Å²) in [7, 11) is 0. The lowest BCUT2D eigenvalue weighted by Crippen LogP contribution is -2.32. The minimum atomic E-state index is 0.215. The van der Waals surface area contributed by atoms with Crippen molar-refractivity contribution in [3.05, 3.63) is 101 Å². The van der Waals surface area contributed by atoms with Crippen molar-refractivity contribution in [2.24, 2.45) is 0 Å². The standard InChI is InChI=1S/C25H28N2O/c1-21-13-15-22(16-14-21)10-7-12-25(28)27(20-23-8-3-2-4-9-23)19-17-24-11-5-6-18-26-24/h2-6,8-9,11,13-16,18H,7,10,12,17,19-20H2,1H3. The maximum atomic E-state index is 12.9. The minimum Gasteiger partial charge on any atom is -0.338 e. The van der Waals surface area contributed by atoms with E-state index in [2.05, 4.69) is 48.3 Å². The molecule has 3 heteroatoms. The first-order chi connectivity index (χ1) is 13.7. The summed E-state index contributed by atoms with van der Waals surface area (Å²) in [5, 5.41) is 0. The van der Waals surface area contributed by atoms with Gasteiger partial charge in [-0.1, -0.05) is 66.2 Å². The topological polar surface area (TPSA) is 33.2 Å². The van der Waals surface area contributed by atoms with E-state index in [1.54, 1.807) is 6.20 Å². The van der Waals surface area contributed by atoms with Gasteiger partial charge in [-0.25, -0.2) is 0 Å². The van der Waals surface area contributed by atoms with Crippen LogP contribution in [0.25, 0.3) is 0 Å². The van der Waals surface area contributed by atoms with E-state index in [1.807, 2.05) is 41.3 Å². The number of carbonyl (C=O) groups is 1. The van der Waals surface area contributed by atoms with Crippen molar-refractivity contribution in [3.63, 3.8) is 0 Å². The zero-order valence-corrected chi connectivity index (χ0v) is 16.6. The van der Waals surface area contributed by atoms with Crippen LogP contribution < -0.4 is 0 Å². The third kappa shape index (κ3) is 6.34. The van der Waals surface area contributed by atoms with Crippen LogP contribution in [-0.2, 0) is 24.2 Å². The minimum absolute atomic E-state index is 0.215. The van der Waals surface area contributed by atoms with E-state index in [0.717, 1.165) is 30.5 Å². The van der Waals surface area contributed by atoms with E-state index in [0.29, 0.717) is 19.5 Å². The fourth-order valence-electron chi connectivity index (χ4n) is 3.25. The van der Waals surface area contributed by atoms with Crippen molar-refractivity contribution >= 4 is 5.91 Å². The van der Waals surface area contributed by atoms with Crippen molar-refractivity contribution in [2.45, 2.75) is 39.2 Å². The molecular weight excluding hydrogens is 344 g/mol. The number of aryl methyl sites for hydroxylation is 2. The fourth-order valence-corrected chi connectivity index (χ4v) is 3.25. The van der Waals surface area contributed by atoms with Crippen LogP contribution in [0.3, 0.4) is 0 Å². The van der Waals surface area contributed by atoms with Gasteiger partial charge in [-0.05, 0) is 43.0 Å². The van der Waals surface area contributed by atoms with E-state index in [-0.39, 0.29) is 5.91 Å². The second kappa shape index (κ2) is 10.4. The Morgan fingerprint density at radius 3 is 2.32 bits per heavy atom. The number of rotatable bonds is 9. The van der Waals surface area contributed by atoms with Crippen LogP contribution in [0.4, 0.5) is 0 Å². The molecule has 0 saturated heterocycles. The van der Waals surface area contributed by atoms with Crippen LogP contribution in [0, 0.1) is 6.92 Å². The molecule has 0 saturated carbocycles. The first-order valence-electron chi connectivity index (χ1n) is 9.98. The summed E-state index contributed by atoms with van der Waals surface area (Å²) < 4.78 is 0. The van der Waals surface area contributed by atoms with Crippen molar-refractivity contribution in [1.29, 1.82) is 0 Å². The first kappa shape index (κ1) is 19.8. The lowest BCUT2D eigenvalue weighted by atomic mass is 10.1. The molecule has 2 aromatic carbocycles. The Balaban J connectivity index is 1.57. The average Bonchev–Trinajstić information content (AvgIpc) is 2.74. The van der Waals surface area contributed by atoms with Gasteiger partial charge in [0.15, 0.2) is 0 Å². The third-order valence-corrected chi connectivity index (χ3v) is 4.91. The number of hydrogen-bond donors (Lipinski definition) is 0.